The Morgan fingerprint density at radius 1 is 0.750 bits per heavy atom. The molecule has 1 N–H and O–H groups in total. The highest BCUT2D eigenvalue weighted by atomic mass is 16.5. The van der Waals surface area contributed by atoms with Crippen molar-refractivity contribution in [1.29, 1.82) is 0 Å². The smallest absolute Gasteiger partial charge is 0.120 e. The summed E-state index contributed by atoms with van der Waals surface area (Å²) in [5.41, 5.74) is 1.17. The van der Waals surface area contributed by atoms with E-state index in [1.807, 2.05) is 42.5 Å². The van der Waals surface area contributed by atoms with Gasteiger partial charge in [-0.15, -0.1) is 0 Å². The first kappa shape index (κ1) is 20.7. The normalized spacial score (nSPS) is 14.7. The monoisotopic (exact) mass is 382 g/mol. The van der Waals surface area contributed by atoms with Gasteiger partial charge in [0.15, 0.2) is 0 Å². The molecule has 2 aromatic rings. The topological polar surface area (TPSA) is 33.7 Å². The van der Waals surface area contributed by atoms with Gasteiger partial charge in [0, 0.05) is 0 Å². The lowest BCUT2D eigenvalue weighted by Crippen LogP contribution is -2.32. The van der Waals surface area contributed by atoms with Gasteiger partial charge >= 0.3 is 0 Å². The standard InChI is InChI=1S/C24H34N2O2/c1-3-9-22(10-4-1)21-28-24-13-11-23(12-14-24)27-20-8-16-25-15-7-19-26-17-5-2-6-18-26/h1,3-4,9-14,25H,2,5-8,15-21H2. The zero-order valence-corrected chi connectivity index (χ0v) is 16.9. The van der Waals surface area contributed by atoms with Gasteiger partial charge in [0.1, 0.15) is 18.1 Å². The van der Waals surface area contributed by atoms with E-state index >= 15 is 0 Å². The summed E-state index contributed by atoms with van der Waals surface area (Å²) >= 11 is 0. The third-order valence-electron chi connectivity index (χ3n) is 5.12. The number of benzene rings is 2. The van der Waals surface area contributed by atoms with Crippen LogP contribution in [-0.2, 0) is 6.61 Å². The lowest BCUT2D eigenvalue weighted by Gasteiger charge is -2.26. The number of rotatable bonds is 12. The number of ether oxygens (including phenoxy) is 2. The number of hydrogen-bond donors (Lipinski definition) is 1. The van der Waals surface area contributed by atoms with E-state index in [-0.39, 0.29) is 0 Å². The lowest BCUT2D eigenvalue weighted by molar-refractivity contribution is 0.225. The van der Waals surface area contributed by atoms with Gasteiger partial charge in [0.25, 0.3) is 0 Å². The first-order chi connectivity index (χ1) is 13.9. The van der Waals surface area contributed by atoms with Crippen LogP contribution in [0.5, 0.6) is 11.5 Å². The van der Waals surface area contributed by atoms with Gasteiger partial charge < -0.3 is 19.7 Å². The van der Waals surface area contributed by atoms with E-state index in [4.69, 9.17) is 9.47 Å². The van der Waals surface area contributed by atoms with Crippen LogP contribution >= 0.6 is 0 Å². The van der Waals surface area contributed by atoms with Gasteiger partial charge in [0.2, 0.25) is 0 Å². The van der Waals surface area contributed by atoms with Crippen LogP contribution in [0.4, 0.5) is 0 Å². The van der Waals surface area contributed by atoms with Crippen molar-refractivity contribution in [1.82, 2.24) is 10.2 Å². The van der Waals surface area contributed by atoms with Crippen molar-refractivity contribution in [2.75, 3.05) is 39.3 Å². The van der Waals surface area contributed by atoms with Crippen LogP contribution in [0.25, 0.3) is 0 Å². The van der Waals surface area contributed by atoms with Crippen LogP contribution in [0, 0.1) is 0 Å². The summed E-state index contributed by atoms with van der Waals surface area (Å²) in [5.74, 6) is 1.77. The Labute approximate surface area is 169 Å². The van der Waals surface area contributed by atoms with E-state index < -0.39 is 0 Å². The molecule has 4 heteroatoms. The lowest BCUT2D eigenvalue weighted by atomic mass is 10.1. The number of nitrogens with zero attached hydrogens (tertiary/aromatic N) is 1. The molecule has 28 heavy (non-hydrogen) atoms. The Morgan fingerprint density at radius 2 is 1.43 bits per heavy atom. The highest BCUT2D eigenvalue weighted by Gasteiger charge is 2.08. The Balaban J connectivity index is 1.20. The molecule has 0 unspecified atom stereocenters. The fourth-order valence-electron chi connectivity index (χ4n) is 3.50. The molecule has 0 spiro atoms. The fourth-order valence-corrected chi connectivity index (χ4v) is 3.50. The summed E-state index contributed by atoms with van der Waals surface area (Å²) in [6.07, 6.45) is 6.44. The average Bonchev–Trinajstić information content (AvgIpc) is 2.76. The van der Waals surface area contributed by atoms with Gasteiger partial charge in [-0.05, 0) is 88.2 Å². The van der Waals surface area contributed by atoms with Crippen molar-refractivity contribution in [3.05, 3.63) is 60.2 Å². The molecule has 1 fully saturated rings. The minimum absolute atomic E-state index is 0.588. The average molecular weight is 383 g/mol. The zero-order valence-electron chi connectivity index (χ0n) is 16.9. The highest BCUT2D eigenvalue weighted by molar-refractivity contribution is 5.31. The fraction of sp³-hybridized carbons (Fsp3) is 0.500. The minimum Gasteiger partial charge on any atom is -0.494 e. The SMILES string of the molecule is c1ccc(COc2ccc(OCCCNCCCN3CCCCC3)cc2)cc1. The van der Waals surface area contributed by atoms with Crippen LogP contribution in [0.2, 0.25) is 0 Å². The second-order valence-corrected chi connectivity index (χ2v) is 7.45. The van der Waals surface area contributed by atoms with Crippen molar-refractivity contribution in [3.63, 3.8) is 0 Å². The van der Waals surface area contributed by atoms with Gasteiger partial charge in [-0.2, -0.15) is 0 Å². The third-order valence-corrected chi connectivity index (χ3v) is 5.12. The summed E-state index contributed by atoms with van der Waals surface area (Å²) in [5, 5.41) is 3.53. The molecule has 0 amide bonds. The van der Waals surface area contributed by atoms with Crippen LogP contribution in [0.3, 0.4) is 0 Å². The van der Waals surface area contributed by atoms with Crippen LogP contribution in [0.1, 0.15) is 37.7 Å². The van der Waals surface area contributed by atoms with Gasteiger partial charge in [-0.25, -0.2) is 0 Å². The van der Waals surface area contributed by atoms with Crippen molar-refractivity contribution in [2.45, 2.75) is 38.7 Å². The maximum atomic E-state index is 5.82. The highest BCUT2D eigenvalue weighted by Crippen LogP contribution is 2.18. The largest absolute Gasteiger partial charge is 0.494 e. The van der Waals surface area contributed by atoms with E-state index in [0.717, 1.165) is 37.6 Å². The number of likely N-dealkylation sites (tertiary alicyclic amines) is 1. The Bertz CT molecular complexity index is 639. The quantitative estimate of drug-likeness (QED) is 0.548. The number of piperidine rings is 1. The van der Waals surface area contributed by atoms with E-state index in [1.54, 1.807) is 0 Å². The molecule has 0 bridgehead atoms. The molecule has 0 aromatic heterocycles. The molecule has 2 aromatic carbocycles. The molecule has 1 heterocycles. The summed E-state index contributed by atoms with van der Waals surface area (Å²) < 4.78 is 11.6. The maximum Gasteiger partial charge on any atom is 0.120 e. The van der Waals surface area contributed by atoms with Crippen molar-refractivity contribution in [3.8, 4) is 11.5 Å². The second kappa shape index (κ2) is 12.4. The first-order valence-electron chi connectivity index (χ1n) is 10.7. The van der Waals surface area contributed by atoms with Gasteiger partial charge in [-0.1, -0.05) is 36.8 Å². The summed E-state index contributed by atoms with van der Waals surface area (Å²) in [4.78, 5) is 2.60. The molecule has 1 aliphatic heterocycles. The van der Waals surface area contributed by atoms with Crippen molar-refractivity contribution < 1.29 is 9.47 Å². The van der Waals surface area contributed by atoms with Gasteiger partial charge in [0.05, 0.1) is 6.61 Å². The molecule has 1 aliphatic rings. The molecule has 0 aliphatic carbocycles. The van der Waals surface area contributed by atoms with E-state index in [2.05, 4.69) is 22.3 Å². The van der Waals surface area contributed by atoms with Crippen molar-refractivity contribution >= 4 is 0 Å². The zero-order chi connectivity index (χ0) is 19.3. The van der Waals surface area contributed by atoms with E-state index in [1.165, 1.54) is 50.9 Å². The molecular formula is C24H34N2O2. The van der Waals surface area contributed by atoms with Crippen LogP contribution in [0.15, 0.2) is 54.6 Å². The second-order valence-electron chi connectivity index (χ2n) is 7.45. The Morgan fingerprint density at radius 3 is 2.18 bits per heavy atom. The molecule has 152 valence electrons. The van der Waals surface area contributed by atoms with Crippen LogP contribution in [-0.4, -0.2) is 44.2 Å². The predicted molar refractivity (Wildman–Crippen MR) is 115 cm³/mol. The molecule has 1 saturated heterocycles. The predicted octanol–water partition coefficient (Wildman–Crippen LogP) is 4.50. The molecule has 0 atom stereocenters. The molecular weight excluding hydrogens is 348 g/mol. The Kier molecular flexibility index (Phi) is 9.18. The molecule has 0 radical (unpaired) electrons. The van der Waals surface area contributed by atoms with Crippen LogP contribution < -0.4 is 14.8 Å². The summed E-state index contributed by atoms with van der Waals surface area (Å²) in [7, 11) is 0. The summed E-state index contributed by atoms with van der Waals surface area (Å²) in [6, 6.07) is 18.1. The first-order valence-corrected chi connectivity index (χ1v) is 10.7. The number of nitrogens with one attached hydrogen (secondary N) is 1. The molecule has 0 saturated carbocycles. The third kappa shape index (κ3) is 7.91. The van der Waals surface area contributed by atoms with Gasteiger partial charge in [-0.3, -0.25) is 0 Å². The number of hydrogen-bond acceptors (Lipinski definition) is 4. The van der Waals surface area contributed by atoms with Crippen molar-refractivity contribution in [2.24, 2.45) is 0 Å². The molecule has 3 rings (SSSR count). The van der Waals surface area contributed by atoms with E-state index in [0.29, 0.717) is 6.61 Å². The summed E-state index contributed by atoms with van der Waals surface area (Å²) in [6.45, 7) is 7.27. The van der Waals surface area contributed by atoms with E-state index in [9.17, 15) is 0 Å². The molecule has 4 nitrogen and oxygen atoms in total. The minimum atomic E-state index is 0.588. The maximum absolute atomic E-state index is 5.82. The Hall–Kier alpha value is -2.04.